The Morgan fingerprint density at radius 3 is 2.28 bits per heavy atom. The lowest BCUT2D eigenvalue weighted by Crippen LogP contribution is -2.12. The number of aryl methyl sites for hydroxylation is 1. The lowest BCUT2D eigenvalue weighted by molar-refractivity contribution is 0.0491. The second-order valence-corrected chi connectivity index (χ2v) is 9.92. The summed E-state index contributed by atoms with van der Waals surface area (Å²) in [4.78, 5) is 21.4. The molecule has 0 amide bonds. The van der Waals surface area contributed by atoms with E-state index in [2.05, 4.69) is 9.97 Å². The molecule has 2 heterocycles. The predicted octanol–water partition coefficient (Wildman–Crippen LogP) is 4.39. The van der Waals surface area contributed by atoms with Gasteiger partial charge < -0.3 is 15.0 Å². The third-order valence-corrected chi connectivity index (χ3v) is 7.55. The first-order valence-corrected chi connectivity index (χ1v) is 12.6. The quantitative estimate of drug-likeness (QED) is 0.258. The van der Waals surface area contributed by atoms with Gasteiger partial charge in [0, 0.05) is 6.54 Å². The topological polar surface area (TPSA) is 117 Å². The van der Waals surface area contributed by atoms with Crippen molar-refractivity contribution < 1.29 is 22.3 Å². The molecule has 2 N–H and O–H groups in total. The molecule has 2 aromatic heterocycles. The highest BCUT2D eigenvalue weighted by Gasteiger charge is 2.30. The number of hydrogen-bond acceptors (Lipinski definition) is 7. The summed E-state index contributed by atoms with van der Waals surface area (Å²) in [5.74, 6) is -1.46. The minimum absolute atomic E-state index is 0.00964. The SMILES string of the molecule is Nc1c(S(=O)(=O)c2ccccc2)c2nc3ccccc3nc2n1CCCOC(=O)c1ccccc1F. The van der Waals surface area contributed by atoms with Crippen molar-refractivity contribution in [3.8, 4) is 0 Å². The predicted molar refractivity (Wildman–Crippen MR) is 133 cm³/mol. The van der Waals surface area contributed by atoms with Gasteiger partial charge in [-0.15, -0.1) is 0 Å². The van der Waals surface area contributed by atoms with Crippen LogP contribution in [0, 0.1) is 5.82 Å². The van der Waals surface area contributed by atoms with Crippen molar-refractivity contribution in [1.82, 2.24) is 14.5 Å². The average Bonchev–Trinajstić information content (AvgIpc) is 3.16. The van der Waals surface area contributed by atoms with E-state index < -0.39 is 21.6 Å². The maximum atomic E-state index is 13.8. The summed E-state index contributed by atoms with van der Waals surface area (Å²) in [5.41, 5.74) is 7.83. The molecule has 36 heavy (non-hydrogen) atoms. The van der Waals surface area contributed by atoms with Crippen LogP contribution in [0.3, 0.4) is 0 Å². The molecule has 0 saturated heterocycles. The van der Waals surface area contributed by atoms with E-state index in [1.807, 2.05) is 6.07 Å². The lowest BCUT2D eigenvalue weighted by Gasteiger charge is -2.09. The summed E-state index contributed by atoms with van der Waals surface area (Å²) in [7, 11) is -4.00. The molecule has 0 spiro atoms. The largest absolute Gasteiger partial charge is 0.462 e. The van der Waals surface area contributed by atoms with Crippen LogP contribution in [0.5, 0.6) is 0 Å². The number of nitrogens with zero attached hydrogens (tertiary/aromatic N) is 3. The Morgan fingerprint density at radius 2 is 1.56 bits per heavy atom. The Kier molecular flexibility index (Phi) is 6.11. The number of nitrogens with two attached hydrogens (primary N) is 1. The summed E-state index contributed by atoms with van der Waals surface area (Å²) in [5, 5.41) is 0. The van der Waals surface area contributed by atoms with Crippen LogP contribution in [-0.4, -0.2) is 35.5 Å². The number of benzene rings is 3. The number of hydrogen-bond donors (Lipinski definition) is 1. The van der Waals surface area contributed by atoms with Gasteiger partial charge in [0.15, 0.2) is 5.65 Å². The molecule has 182 valence electrons. The molecule has 0 radical (unpaired) electrons. The molecule has 3 aromatic carbocycles. The van der Waals surface area contributed by atoms with E-state index in [-0.39, 0.29) is 46.3 Å². The third-order valence-electron chi connectivity index (χ3n) is 5.72. The fourth-order valence-electron chi connectivity index (χ4n) is 3.99. The molecule has 5 rings (SSSR count). The van der Waals surface area contributed by atoms with Crippen molar-refractivity contribution in [2.24, 2.45) is 0 Å². The van der Waals surface area contributed by atoms with Crippen LogP contribution in [0.15, 0.2) is 88.7 Å². The zero-order chi connectivity index (χ0) is 25.3. The maximum absolute atomic E-state index is 13.8. The summed E-state index contributed by atoms with van der Waals surface area (Å²) in [6, 6.07) is 20.7. The normalized spacial score (nSPS) is 11.7. The number of para-hydroxylation sites is 2. The zero-order valence-corrected chi connectivity index (χ0v) is 19.8. The first kappa shape index (κ1) is 23.4. The number of halogens is 1. The smallest absolute Gasteiger partial charge is 0.341 e. The van der Waals surface area contributed by atoms with E-state index in [4.69, 9.17) is 10.5 Å². The third kappa shape index (κ3) is 4.16. The standard InChI is InChI=1S/C26H21FN4O4S/c27-19-12-5-4-11-18(19)26(32)35-16-8-15-31-24(28)23(36(33,34)17-9-2-1-3-10-17)22-25(31)30-21-14-7-6-13-20(21)29-22/h1-7,9-14H,8,15-16,28H2. The van der Waals surface area contributed by atoms with E-state index in [0.717, 1.165) is 0 Å². The number of ether oxygens (including phenoxy) is 1. The monoisotopic (exact) mass is 504 g/mol. The highest BCUT2D eigenvalue weighted by Crippen LogP contribution is 2.35. The highest BCUT2D eigenvalue weighted by atomic mass is 32.2. The van der Waals surface area contributed by atoms with Gasteiger partial charge in [-0.3, -0.25) is 0 Å². The van der Waals surface area contributed by atoms with Gasteiger partial charge in [-0.1, -0.05) is 42.5 Å². The van der Waals surface area contributed by atoms with Crippen LogP contribution < -0.4 is 5.73 Å². The summed E-state index contributed by atoms with van der Waals surface area (Å²) in [6.07, 6.45) is 0.285. The molecule has 0 saturated carbocycles. The summed E-state index contributed by atoms with van der Waals surface area (Å²) >= 11 is 0. The average molecular weight is 505 g/mol. The number of sulfone groups is 1. The number of carbonyl (C=O) groups is 1. The van der Waals surface area contributed by atoms with Crippen molar-refractivity contribution in [1.29, 1.82) is 0 Å². The Morgan fingerprint density at radius 1 is 0.917 bits per heavy atom. The molecule has 10 heteroatoms. The Balaban J connectivity index is 1.50. The lowest BCUT2D eigenvalue weighted by atomic mass is 10.2. The van der Waals surface area contributed by atoms with Gasteiger partial charge in [-0.25, -0.2) is 27.6 Å². The first-order chi connectivity index (χ1) is 17.4. The molecule has 0 unspecified atom stereocenters. The van der Waals surface area contributed by atoms with Gasteiger partial charge in [0.1, 0.15) is 22.0 Å². The van der Waals surface area contributed by atoms with Gasteiger partial charge in [-0.05, 0) is 42.8 Å². The second kappa shape index (κ2) is 9.38. The van der Waals surface area contributed by atoms with Crippen LogP contribution in [0.4, 0.5) is 10.2 Å². The minimum Gasteiger partial charge on any atom is -0.462 e. The Hall–Kier alpha value is -4.31. The fraction of sp³-hybridized carbons (Fsp3) is 0.115. The van der Waals surface area contributed by atoms with Gasteiger partial charge >= 0.3 is 5.97 Å². The molecular weight excluding hydrogens is 483 g/mol. The van der Waals surface area contributed by atoms with E-state index in [0.29, 0.717) is 16.7 Å². The number of rotatable bonds is 7. The molecule has 0 fully saturated rings. The Bertz CT molecular complexity index is 1700. The van der Waals surface area contributed by atoms with Gasteiger partial charge in [-0.2, -0.15) is 0 Å². The van der Waals surface area contributed by atoms with E-state index in [1.54, 1.807) is 47.0 Å². The molecule has 8 nitrogen and oxygen atoms in total. The van der Waals surface area contributed by atoms with Crippen molar-refractivity contribution in [2.75, 3.05) is 12.3 Å². The van der Waals surface area contributed by atoms with Crippen LogP contribution >= 0.6 is 0 Å². The Labute approximate surface area is 206 Å². The van der Waals surface area contributed by atoms with Crippen LogP contribution in [-0.2, 0) is 21.1 Å². The van der Waals surface area contributed by atoms with Gasteiger partial charge in [0.2, 0.25) is 9.84 Å². The number of nitrogen functional groups attached to an aromatic ring is 1. The van der Waals surface area contributed by atoms with Gasteiger partial charge in [0.05, 0.1) is 28.1 Å². The number of aromatic nitrogens is 3. The van der Waals surface area contributed by atoms with E-state index >= 15 is 0 Å². The molecule has 5 aromatic rings. The summed E-state index contributed by atoms with van der Waals surface area (Å²) < 4.78 is 47.7. The highest BCUT2D eigenvalue weighted by molar-refractivity contribution is 7.92. The number of esters is 1. The molecule has 0 aliphatic carbocycles. The van der Waals surface area contributed by atoms with Crippen LogP contribution in [0.25, 0.3) is 22.2 Å². The number of carbonyl (C=O) groups excluding carboxylic acids is 1. The first-order valence-electron chi connectivity index (χ1n) is 11.1. The van der Waals surface area contributed by atoms with E-state index in [1.165, 1.54) is 30.3 Å². The van der Waals surface area contributed by atoms with E-state index in [9.17, 15) is 17.6 Å². The molecule has 0 atom stereocenters. The molecule has 0 aliphatic heterocycles. The van der Waals surface area contributed by atoms with Crippen LogP contribution in [0.1, 0.15) is 16.8 Å². The van der Waals surface area contributed by atoms with Crippen molar-refractivity contribution in [3.05, 3.63) is 90.2 Å². The fourth-order valence-corrected chi connectivity index (χ4v) is 5.52. The number of anilines is 1. The molecule has 0 aliphatic rings. The van der Waals surface area contributed by atoms with Crippen molar-refractivity contribution in [3.63, 3.8) is 0 Å². The maximum Gasteiger partial charge on any atom is 0.341 e. The summed E-state index contributed by atoms with van der Waals surface area (Å²) in [6.45, 7) is 0.165. The van der Waals surface area contributed by atoms with Crippen molar-refractivity contribution >= 4 is 43.8 Å². The van der Waals surface area contributed by atoms with Crippen molar-refractivity contribution in [2.45, 2.75) is 22.8 Å². The van der Waals surface area contributed by atoms with Gasteiger partial charge in [0.25, 0.3) is 0 Å². The molecular formula is C26H21FN4O4S. The zero-order valence-electron chi connectivity index (χ0n) is 19.0. The minimum atomic E-state index is -4.00. The molecule has 0 bridgehead atoms. The van der Waals surface area contributed by atoms with Crippen LogP contribution in [0.2, 0.25) is 0 Å². The number of fused-ring (bicyclic) bond motifs is 2. The second-order valence-electron chi connectivity index (χ2n) is 8.04.